The van der Waals surface area contributed by atoms with Crippen molar-refractivity contribution in [2.45, 2.75) is 13.3 Å². The van der Waals surface area contributed by atoms with Crippen LogP contribution >= 0.6 is 0 Å². The van der Waals surface area contributed by atoms with E-state index in [-0.39, 0.29) is 5.91 Å². The molecule has 0 bridgehead atoms. The van der Waals surface area contributed by atoms with E-state index < -0.39 is 0 Å². The minimum absolute atomic E-state index is 0.135. The van der Waals surface area contributed by atoms with Crippen molar-refractivity contribution in [1.29, 1.82) is 5.26 Å². The van der Waals surface area contributed by atoms with Crippen LogP contribution in [0.3, 0.4) is 0 Å². The molecule has 2 aliphatic rings. The van der Waals surface area contributed by atoms with Crippen molar-refractivity contribution < 1.29 is 4.79 Å². The second-order valence-electron chi connectivity index (χ2n) is 6.50. The van der Waals surface area contributed by atoms with E-state index in [1.165, 1.54) is 0 Å². The second kappa shape index (κ2) is 5.24. The van der Waals surface area contributed by atoms with Gasteiger partial charge in [-0.15, -0.1) is 0 Å². The lowest BCUT2D eigenvalue weighted by molar-refractivity contribution is -0.124. The smallest absolute Gasteiger partial charge is 0.220 e. The molecule has 2 aromatic rings. The van der Waals surface area contributed by atoms with Crippen LogP contribution in [-0.2, 0) is 4.79 Å². The van der Waals surface area contributed by atoms with Gasteiger partial charge < -0.3 is 10.2 Å². The van der Waals surface area contributed by atoms with Gasteiger partial charge in [0.15, 0.2) is 0 Å². The summed E-state index contributed by atoms with van der Waals surface area (Å²) in [5.74, 6) is 1.72. The lowest BCUT2D eigenvalue weighted by atomic mass is 9.89. The van der Waals surface area contributed by atoms with E-state index >= 15 is 0 Å². The fourth-order valence-electron chi connectivity index (χ4n) is 3.85. The predicted octanol–water partition coefficient (Wildman–Crippen LogP) is 1.99. The van der Waals surface area contributed by atoms with Gasteiger partial charge in [0.25, 0.3) is 0 Å². The Morgan fingerprint density at radius 1 is 1.30 bits per heavy atom. The zero-order chi connectivity index (χ0) is 16.0. The molecule has 0 radical (unpaired) electrons. The van der Waals surface area contributed by atoms with Gasteiger partial charge in [-0.1, -0.05) is 18.2 Å². The summed E-state index contributed by atoms with van der Waals surface area (Å²) < 4.78 is 0. The SMILES string of the molecule is Cc1c(C#N)c(N2C[C@H]3CC(=O)NC[C@H]3C2)nc2ccccc12. The Balaban J connectivity index is 1.77. The average molecular weight is 306 g/mol. The van der Waals surface area contributed by atoms with Crippen molar-refractivity contribution in [2.24, 2.45) is 11.8 Å². The van der Waals surface area contributed by atoms with Crippen LogP contribution in [-0.4, -0.2) is 30.5 Å². The van der Waals surface area contributed by atoms with Crippen LogP contribution in [0.15, 0.2) is 24.3 Å². The molecule has 0 spiro atoms. The van der Waals surface area contributed by atoms with E-state index in [9.17, 15) is 10.1 Å². The normalized spacial score (nSPS) is 23.5. The first-order valence-electron chi connectivity index (χ1n) is 7.98. The Kier molecular flexibility index (Phi) is 3.19. The topological polar surface area (TPSA) is 69.0 Å². The number of hydrogen-bond acceptors (Lipinski definition) is 4. The molecule has 4 rings (SSSR count). The molecule has 0 saturated carbocycles. The fourth-order valence-corrected chi connectivity index (χ4v) is 3.85. The Labute approximate surface area is 134 Å². The zero-order valence-electron chi connectivity index (χ0n) is 13.0. The molecular formula is C18H18N4O. The summed E-state index contributed by atoms with van der Waals surface area (Å²) in [6, 6.07) is 10.3. The number of aromatic nitrogens is 1. The van der Waals surface area contributed by atoms with Gasteiger partial charge in [0.1, 0.15) is 11.9 Å². The van der Waals surface area contributed by atoms with Crippen molar-refractivity contribution in [3.05, 3.63) is 35.4 Å². The Morgan fingerprint density at radius 3 is 2.91 bits per heavy atom. The summed E-state index contributed by atoms with van der Waals surface area (Å²) in [5.41, 5.74) is 2.56. The Bertz CT molecular complexity index is 839. The van der Waals surface area contributed by atoms with Gasteiger partial charge in [0.05, 0.1) is 11.1 Å². The number of para-hydroxylation sites is 1. The lowest BCUT2D eigenvalue weighted by Gasteiger charge is -2.23. The van der Waals surface area contributed by atoms with E-state index in [1.807, 2.05) is 31.2 Å². The van der Waals surface area contributed by atoms with Gasteiger partial charge in [0.2, 0.25) is 5.91 Å². The van der Waals surface area contributed by atoms with Crippen LogP contribution < -0.4 is 10.2 Å². The lowest BCUT2D eigenvalue weighted by Crippen LogP contribution is -2.39. The van der Waals surface area contributed by atoms with Gasteiger partial charge in [-0.25, -0.2) is 4.98 Å². The van der Waals surface area contributed by atoms with E-state index in [1.54, 1.807) is 0 Å². The maximum absolute atomic E-state index is 11.6. The average Bonchev–Trinajstić information content (AvgIpc) is 2.97. The van der Waals surface area contributed by atoms with Crippen LogP contribution in [0.25, 0.3) is 10.9 Å². The van der Waals surface area contributed by atoms with Crippen LogP contribution in [0.2, 0.25) is 0 Å². The number of carbonyl (C=O) groups excluding carboxylic acids is 1. The highest BCUT2D eigenvalue weighted by Crippen LogP contribution is 2.35. The number of benzene rings is 1. The zero-order valence-corrected chi connectivity index (χ0v) is 13.0. The number of nitrogens with one attached hydrogen (secondary N) is 1. The quantitative estimate of drug-likeness (QED) is 0.875. The van der Waals surface area contributed by atoms with Crippen LogP contribution in [0.1, 0.15) is 17.5 Å². The van der Waals surface area contributed by atoms with Crippen molar-refractivity contribution in [3.63, 3.8) is 0 Å². The van der Waals surface area contributed by atoms with Crippen molar-refractivity contribution in [2.75, 3.05) is 24.5 Å². The monoisotopic (exact) mass is 306 g/mol. The molecule has 3 heterocycles. The molecule has 1 aromatic heterocycles. The van der Waals surface area contributed by atoms with E-state index in [0.717, 1.165) is 41.9 Å². The Morgan fingerprint density at radius 2 is 2.09 bits per heavy atom. The largest absolute Gasteiger partial charge is 0.356 e. The molecule has 5 nitrogen and oxygen atoms in total. The highest BCUT2D eigenvalue weighted by molar-refractivity contribution is 5.87. The number of nitrogens with zero attached hydrogens (tertiary/aromatic N) is 3. The number of aryl methyl sites for hydroxylation is 1. The maximum Gasteiger partial charge on any atom is 0.220 e. The molecule has 2 aliphatic heterocycles. The number of fused-ring (bicyclic) bond motifs is 2. The number of amides is 1. The third kappa shape index (κ3) is 2.22. The minimum Gasteiger partial charge on any atom is -0.356 e. The standard InChI is InChI=1S/C18H18N4O/c1-11-14-4-2-3-5-16(14)21-18(15(11)7-19)22-9-12-6-17(23)20-8-13(12)10-22/h2-5,12-13H,6,8-10H2,1H3,(H,20,23)/t12-,13+/m1/s1. The number of piperidine rings is 1. The third-order valence-corrected chi connectivity index (χ3v) is 5.13. The van der Waals surface area contributed by atoms with Gasteiger partial charge >= 0.3 is 0 Å². The number of rotatable bonds is 1. The first kappa shape index (κ1) is 14.0. The van der Waals surface area contributed by atoms with Gasteiger partial charge in [-0.05, 0) is 30.4 Å². The fraction of sp³-hybridized carbons (Fsp3) is 0.389. The van der Waals surface area contributed by atoms with Crippen molar-refractivity contribution in [3.8, 4) is 6.07 Å². The first-order valence-corrected chi connectivity index (χ1v) is 7.98. The molecule has 1 aromatic carbocycles. The van der Waals surface area contributed by atoms with Gasteiger partial charge in [0, 0.05) is 31.4 Å². The van der Waals surface area contributed by atoms with Gasteiger partial charge in [-0.3, -0.25) is 4.79 Å². The number of nitriles is 1. The molecule has 1 N–H and O–H groups in total. The number of hydrogen-bond donors (Lipinski definition) is 1. The highest BCUT2D eigenvalue weighted by atomic mass is 16.1. The summed E-state index contributed by atoms with van der Waals surface area (Å²) in [6.45, 7) is 4.37. The number of carbonyl (C=O) groups is 1. The van der Waals surface area contributed by atoms with E-state index in [0.29, 0.717) is 23.8 Å². The first-order chi connectivity index (χ1) is 11.2. The second-order valence-corrected chi connectivity index (χ2v) is 6.50. The van der Waals surface area contributed by atoms with Crippen LogP contribution in [0.4, 0.5) is 5.82 Å². The molecule has 1 amide bonds. The summed E-state index contributed by atoms with van der Waals surface area (Å²) in [5, 5.41) is 13.6. The predicted molar refractivity (Wildman–Crippen MR) is 88.0 cm³/mol. The Hall–Kier alpha value is -2.61. The molecular weight excluding hydrogens is 288 g/mol. The van der Waals surface area contributed by atoms with E-state index in [2.05, 4.69) is 16.3 Å². The van der Waals surface area contributed by atoms with E-state index in [4.69, 9.17) is 4.98 Å². The third-order valence-electron chi connectivity index (χ3n) is 5.13. The molecule has 5 heteroatoms. The summed E-state index contributed by atoms with van der Waals surface area (Å²) in [7, 11) is 0. The summed E-state index contributed by atoms with van der Waals surface area (Å²) >= 11 is 0. The molecule has 23 heavy (non-hydrogen) atoms. The summed E-state index contributed by atoms with van der Waals surface area (Å²) in [4.78, 5) is 18.6. The van der Waals surface area contributed by atoms with Crippen LogP contribution in [0, 0.1) is 30.1 Å². The molecule has 2 atom stereocenters. The van der Waals surface area contributed by atoms with Crippen molar-refractivity contribution >= 4 is 22.6 Å². The number of pyridine rings is 1. The van der Waals surface area contributed by atoms with Gasteiger partial charge in [-0.2, -0.15) is 5.26 Å². The highest BCUT2D eigenvalue weighted by Gasteiger charge is 2.38. The molecule has 116 valence electrons. The molecule has 2 fully saturated rings. The number of anilines is 1. The maximum atomic E-state index is 11.6. The van der Waals surface area contributed by atoms with Crippen LogP contribution in [0.5, 0.6) is 0 Å². The van der Waals surface area contributed by atoms with Crippen molar-refractivity contribution in [1.82, 2.24) is 10.3 Å². The molecule has 2 saturated heterocycles. The minimum atomic E-state index is 0.135. The molecule has 0 aliphatic carbocycles. The summed E-state index contributed by atoms with van der Waals surface area (Å²) in [6.07, 6.45) is 0.579. The molecule has 0 unspecified atom stereocenters.